The van der Waals surface area contributed by atoms with Crippen LogP contribution in [0.3, 0.4) is 0 Å². The lowest BCUT2D eigenvalue weighted by Gasteiger charge is -2.13. The van der Waals surface area contributed by atoms with Crippen LogP contribution in [0.25, 0.3) is 96.1 Å². The molecule has 0 saturated heterocycles. The molecule has 10 rings (SSSR count). The summed E-state index contributed by atoms with van der Waals surface area (Å²) in [5, 5.41) is 2.87. The van der Waals surface area contributed by atoms with Gasteiger partial charge in [-0.3, -0.25) is 0 Å². The molecule has 0 aliphatic carbocycles. The topological polar surface area (TPSA) is 77.3 Å². The van der Waals surface area contributed by atoms with Crippen molar-refractivity contribution in [1.82, 2.24) is 29.9 Å². The minimum atomic E-state index is 0.778. The van der Waals surface area contributed by atoms with E-state index >= 15 is 0 Å². The predicted molar refractivity (Wildman–Crippen MR) is 212 cm³/mol. The van der Waals surface area contributed by atoms with Gasteiger partial charge in [0.25, 0.3) is 0 Å². The highest BCUT2D eigenvalue weighted by Crippen LogP contribution is 2.39. The third-order valence-corrected chi connectivity index (χ3v) is 11.9. The van der Waals surface area contributed by atoms with Crippen molar-refractivity contribution >= 4 is 65.1 Å². The first-order valence-electron chi connectivity index (χ1n) is 16.3. The maximum Gasteiger partial charge on any atom is 0.170 e. The largest absolute Gasteiger partial charge is 0.236 e. The Labute approximate surface area is 304 Å². The summed E-state index contributed by atoms with van der Waals surface area (Å²) in [5.74, 6) is 0. The Bertz CT molecular complexity index is 2480. The van der Waals surface area contributed by atoms with Crippen molar-refractivity contribution in [1.29, 1.82) is 0 Å². The van der Waals surface area contributed by atoms with E-state index in [-0.39, 0.29) is 0 Å². The molecule has 0 aliphatic rings. The van der Waals surface area contributed by atoms with Gasteiger partial charge in [0.15, 0.2) is 16.9 Å². The van der Waals surface area contributed by atoms with Crippen LogP contribution in [0, 0.1) is 0 Å². The maximum absolute atomic E-state index is 4.84. The van der Waals surface area contributed by atoms with Crippen molar-refractivity contribution in [3.63, 3.8) is 0 Å². The minimum absolute atomic E-state index is 0.778. The first kappa shape index (κ1) is 29.9. The molecule has 240 valence electrons. The van der Waals surface area contributed by atoms with Gasteiger partial charge < -0.3 is 0 Å². The Balaban J connectivity index is 1.11. The van der Waals surface area contributed by atoms with Gasteiger partial charge in [-0.05, 0) is 106 Å². The van der Waals surface area contributed by atoms with E-state index < -0.39 is 0 Å². The van der Waals surface area contributed by atoms with Crippen LogP contribution in [0.1, 0.15) is 0 Å². The van der Waals surface area contributed by atoms with Crippen molar-refractivity contribution in [3.8, 4) is 65.1 Å². The number of thiazole rings is 3. The number of rotatable bonds is 6. The van der Waals surface area contributed by atoms with Crippen LogP contribution in [0.15, 0.2) is 146 Å². The van der Waals surface area contributed by atoms with Crippen molar-refractivity contribution < 1.29 is 0 Å². The van der Waals surface area contributed by atoms with E-state index in [9.17, 15) is 0 Å². The fraction of sp³-hybridized carbons (Fsp3) is 0. The van der Waals surface area contributed by atoms with Gasteiger partial charge in [0.1, 0.15) is 15.0 Å². The molecule has 0 N–H and O–H groups in total. The fourth-order valence-electron chi connectivity index (χ4n) is 6.30. The molecule has 0 radical (unpaired) electrons. The summed E-state index contributed by atoms with van der Waals surface area (Å²) in [6.07, 6.45) is 5.38. The summed E-state index contributed by atoms with van der Waals surface area (Å²) < 4.78 is 3.24. The average Bonchev–Trinajstić information content (AvgIpc) is 3.95. The van der Waals surface area contributed by atoms with Crippen LogP contribution < -0.4 is 0 Å². The lowest BCUT2D eigenvalue weighted by molar-refractivity contribution is 1.33. The molecule has 0 bridgehead atoms. The number of hydrogen-bond acceptors (Lipinski definition) is 9. The Morgan fingerprint density at radius 3 is 0.902 bits per heavy atom. The number of pyridine rings is 3. The molecule has 51 heavy (non-hydrogen) atoms. The van der Waals surface area contributed by atoms with Crippen LogP contribution in [-0.4, -0.2) is 29.9 Å². The lowest BCUT2D eigenvalue weighted by atomic mass is 9.92. The maximum atomic E-state index is 4.84. The summed E-state index contributed by atoms with van der Waals surface area (Å²) in [5.41, 5.74) is 12.2. The summed E-state index contributed by atoms with van der Waals surface area (Å²) in [6, 6.07) is 44.9. The van der Waals surface area contributed by atoms with Crippen LogP contribution in [0.5, 0.6) is 0 Å². The molecule has 0 aliphatic heterocycles. The molecule has 10 aromatic rings. The predicted octanol–water partition coefficient (Wildman–Crippen LogP) is 11.7. The zero-order chi connectivity index (χ0) is 33.7. The first-order chi connectivity index (χ1) is 25.2. The summed E-state index contributed by atoms with van der Waals surface area (Å²) in [7, 11) is 0. The number of hydrogen-bond donors (Lipinski definition) is 0. The Kier molecular flexibility index (Phi) is 7.26. The van der Waals surface area contributed by atoms with E-state index in [0.29, 0.717) is 0 Å². The quantitative estimate of drug-likeness (QED) is 0.171. The second kappa shape index (κ2) is 12.4. The fourth-order valence-corrected chi connectivity index (χ4v) is 9.06. The monoisotopic (exact) mass is 708 g/mol. The van der Waals surface area contributed by atoms with Gasteiger partial charge >= 0.3 is 0 Å². The Morgan fingerprint density at radius 2 is 0.588 bits per heavy atom. The van der Waals surface area contributed by atoms with E-state index in [0.717, 1.165) is 96.1 Å². The Morgan fingerprint density at radius 1 is 0.294 bits per heavy atom. The van der Waals surface area contributed by atoms with Crippen LogP contribution >= 0.6 is 34.0 Å². The second-order valence-electron chi connectivity index (χ2n) is 12.1. The number of fused-ring (bicyclic) bond motifs is 3. The van der Waals surface area contributed by atoms with E-state index in [2.05, 4.69) is 124 Å². The highest BCUT2D eigenvalue weighted by Gasteiger charge is 2.14. The number of nitrogens with zero attached hydrogens (tertiary/aromatic N) is 6. The van der Waals surface area contributed by atoms with E-state index in [4.69, 9.17) is 15.0 Å². The molecular formula is C42H24N6S3. The zero-order valence-electron chi connectivity index (χ0n) is 26.8. The van der Waals surface area contributed by atoms with Crippen molar-refractivity contribution in [2.75, 3.05) is 0 Å². The third kappa shape index (κ3) is 5.67. The molecule has 4 aromatic carbocycles. The summed E-state index contributed by atoms with van der Waals surface area (Å²) >= 11 is 4.99. The molecule has 0 fully saturated rings. The van der Waals surface area contributed by atoms with Gasteiger partial charge in [-0.2, -0.15) is 0 Å². The summed E-state index contributed by atoms with van der Waals surface area (Å²) in [4.78, 5) is 27.9. The van der Waals surface area contributed by atoms with Gasteiger partial charge in [0.2, 0.25) is 0 Å². The molecule has 6 nitrogen and oxygen atoms in total. The molecule has 0 amide bonds. The summed E-state index contributed by atoms with van der Waals surface area (Å²) in [6.45, 7) is 0. The second-order valence-corrected chi connectivity index (χ2v) is 15.2. The van der Waals surface area contributed by atoms with Crippen molar-refractivity contribution in [2.45, 2.75) is 0 Å². The number of aromatic nitrogens is 6. The molecule has 0 saturated carbocycles. The Hall–Kier alpha value is -6.00. The van der Waals surface area contributed by atoms with Gasteiger partial charge in [0, 0.05) is 35.3 Å². The van der Waals surface area contributed by atoms with Crippen molar-refractivity contribution in [2.24, 2.45) is 0 Å². The third-order valence-electron chi connectivity index (χ3n) is 8.76. The highest BCUT2D eigenvalue weighted by atomic mass is 32.1. The standard InChI is InChI=1S/C42H24N6S3/c1-7-25(19-28(10-1)40-46-37-34(49-40)13-4-16-43-37)31-22-32(26-8-2-11-29(20-26)41-47-38-35(50-41)14-5-17-44-38)24-33(23-31)27-9-3-12-30(21-27)42-48-39-36(51-42)15-6-18-45-39/h1-24H. The van der Waals surface area contributed by atoms with E-state index in [1.54, 1.807) is 52.6 Å². The molecule has 6 heterocycles. The van der Waals surface area contributed by atoms with E-state index in [1.807, 2.05) is 18.2 Å². The number of benzene rings is 4. The van der Waals surface area contributed by atoms with Crippen molar-refractivity contribution in [3.05, 3.63) is 146 Å². The van der Waals surface area contributed by atoms with E-state index in [1.165, 1.54) is 0 Å². The van der Waals surface area contributed by atoms with Crippen LogP contribution in [-0.2, 0) is 0 Å². The zero-order valence-corrected chi connectivity index (χ0v) is 29.2. The normalized spacial score (nSPS) is 11.5. The average molecular weight is 709 g/mol. The van der Waals surface area contributed by atoms with Crippen LogP contribution in [0.4, 0.5) is 0 Å². The van der Waals surface area contributed by atoms with Gasteiger partial charge in [-0.15, -0.1) is 34.0 Å². The SMILES string of the molecule is c1cc(-c2cc(-c3cccc(-c4nc5ncccc5s4)c3)cc(-c3cccc(-c4nc5ncccc5s4)c3)c2)cc(-c2nc3ncccc3s2)c1. The minimum Gasteiger partial charge on any atom is -0.236 e. The highest BCUT2D eigenvalue weighted by molar-refractivity contribution is 7.22. The van der Waals surface area contributed by atoms with Gasteiger partial charge in [-0.1, -0.05) is 54.6 Å². The molecule has 0 atom stereocenters. The molecular weight excluding hydrogens is 685 g/mol. The molecule has 0 spiro atoms. The molecule has 9 heteroatoms. The first-order valence-corrected chi connectivity index (χ1v) is 18.8. The van der Waals surface area contributed by atoms with Crippen LogP contribution in [0.2, 0.25) is 0 Å². The smallest absolute Gasteiger partial charge is 0.170 e. The van der Waals surface area contributed by atoms with Gasteiger partial charge in [0.05, 0.1) is 14.1 Å². The molecule has 0 unspecified atom stereocenters. The molecule has 6 aromatic heterocycles. The van der Waals surface area contributed by atoms with Gasteiger partial charge in [-0.25, -0.2) is 29.9 Å². The lowest BCUT2D eigenvalue weighted by Crippen LogP contribution is -1.88.